The Morgan fingerprint density at radius 2 is 1.50 bits per heavy atom. The summed E-state index contributed by atoms with van der Waals surface area (Å²) in [7, 11) is 0. The van der Waals surface area contributed by atoms with Gasteiger partial charge in [-0.05, 0) is 26.8 Å². The number of rotatable bonds is 12. The molecule has 108 valence electrons. The molecule has 0 aliphatic carbocycles. The van der Waals surface area contributed by atoms with E-state index in [2.05, 4.69) is 12.2 Å². The minimum Gasteiger partial charge on any atom is -0.343 e. The van der Waals surface area contributed by atoms with Crippen molar-refractivity contribution in [1.29, 1.82) is 0 Å². The number of nitrogens with zero attached hydrogens (tertiary/aromatic N) is 1. The molecule has 0 rings (SSSR count). The second kappa shape index (κ2) is 12.9. The fourth-order valence-corrected chi connectivity index (χ4v) is 2.09. The molecular formula is C15H32N2O. The van der Waals surface area contributed by atoms with E-state index in [1.54, 1.807) is 0 Å². The van der Waals surface area contributed by atoms with Crippen molar-refractivity contribution in [3.05, 3.63) is 0 Å². The third-order valence-electron chi connectivity index (χ3n) is 3.34. The Kier molecular flexibility index (Phi) is 12.5. The molecule has 3 nitrogen and oxygen atoms in total. The minimum absolute atomic E-state index is 0.274. The van der Waals surface area contributed by atoms with E-state index in [9.17, 15) is 4.79 Å². The van der Waals surface area contributed by atoms with Gasteiger partial charge in [0.1, 0.15) is 0 Å². The van der Waals surface area contributed by atoms with E-state index in [-0.39, 0.29) is 5.91 Å². The molecule has 0 bridgehead atoms. The van der Waals surface area contributed by atoms with Gasteiger partial charge in [-0.2, -0.15) is 0 Å². The Morgan fingerprint density at radius 1 is 0.889 bits per heavy atom. The molecule has 0 aromatic heterocycles. The molecule has 0 spiro atoms. The maximum Gasteiger partial charge on any atom is 0.223 e. The van der Waals surface area contributed by atoms with Crippen LogP contribution in [0.5, 0.6) is 0 Å². The first-order valence-electron chi connectivity index (χ1n) is 7.74. The van der Waals surface area contributed by atoms with Gasteiger partial charge in [0.05, 0.1) is 0 Å². The Labute approximate surface area is 113 Å². The predicted octanol–water partition coefficient (Wildman–Crippen LogP) is 3.20. The van der Waals surface area contributed by atoms with Crippen LogP contribution in [0.3, 0.4) is 0 Å². The molecular weight excluding hydrogens is 224 g/mol. The van der Waals surface area contributed by atoms with Crippen LogP contribution in [0.15, 0.2) is 0 Å². The van der Waals surface area contributed by atoms with Crippen LogP contribution in [0.1, 0.15) is 65.7 Å². The smallest absolute Gasteiger partial charge is 0.223 e. The number of unbranched alkanes of at least 4 members (excludes halogenated alkanes) is 5. The highest BCUT2D eigenvalue weighted by Crippen LogP contribution is 2.04. The third-order valence-corrected chi connectivity index (χ3v) is 3.34. The molecule has 1 N–H and O–H groups in total. The average molecular weight is 256 g/mol. The summed E-state index contributed by atoms with van der Waals surface area (Å²) in [4.78, 5) is 13.6. The van der Waals surface area contributed by atoms with Crippen LogP contribution >= 0.6 is 0 Å². The van der Waals surface area contributed by atoms with Gasteiger partial charge in [0.15, 0.2) is 0 Å². The molecule has 0 heterocycles. The molecule has 0 radical (unpaired) electrons. The zero-order valence-corrected chi connectivity index (χ0v) is 12.6. The van der Waals surface area contributed by atoms with Crippen LogP contribution in [0, 0.1) is 0 Å². The summed E-state index contributed by atoms with van der Waals surface area (Å²) in [6.07, 6.45) is 8.60. The molecule has 0 fully saturated rings. The van der Waals surface area contributed by atoms with Crippen molar-refractivity contribution >= 4 is 5.91 Å². The molecule has 0 aromatic rings. The number of carbonyl (C=O) groups excluding carboxylic acids is 1. The van der Waals surface area contributed by atoms with Gasteiger partial charge in [0.2, 0.25) is 5.91 Å². The lowest BCUT2D eigenvalue weighted by atomic mass is 10.1. The summed E-state index contributed by atoms with van der Waals surface area (Å²) >= 11 is 0. The van der Waals surface area contributed by atoms with E-state index in [4.69, 9.17) is 0 Å². The Morgan fingerprint density at radius 3 is 2.11 bits per heavy atom. The monoisotopic (exact) mass is 256 g/mol. The van der Waals surface area contributed by atoms with Crippen LogP contribution in [0.4, 0.5) is 0 Å². The summed E-state index contributed by atoms with van der Waals surface area (Å²) in [6, 6.07) is 0. The molecule has 0 aromatic carbocycles. The van der Waals surface area contributed by atoms with Gasteiger partial charge in [-0.15, -0.1) is 0 Å². The topological polar surface area (TPSA) is 32.3 Å². The number of hydrogen-bond acceptors (Lipinski definition) is 2. The van der Waals surface area contributed by atoms with E-state index in [1.807, 2.05) is 18.7 Å². The molecule has 0 saturated heterocycles. The number of amides is 1. The first-order valence-corrected chi connectivity index (χ1v) is 7.74. The van der Waals surface area contributed by atoms with E-state index in [0.717, 1.165) is 26.2 Å². The SMILES string of the molecule is CCCCCCCCNCCC(=O)N(CC)CC. The minimum atomic E-state index is 0.274. The molecule has 3 heteroatoms. The lowest BCUT2D eigenvalue weighted by Crippen LogP contribution is -2.33. The summed E-state index contributed by atoms with van der Waals surface area (Å²) in [5, 5.41) is 3.36. The maximum atomic E-state index is 11.7. The molecule has 0 aliphatic heterocycles. The predicted molar refractivity (Wildman–Crippen MR) is 78.8 cm³/mol. The molecule has 1 amide bonds. The maximum absolute atomic E-state index is 11.7. The van der Waals surface area contributed by atoms with Gasteiger partial charge in [0.25, 0.3) is 0 Å². The quantitative estimate of drug-likeness (QED) is 0.544. The van der Waals surface area contributed by atoms with Crippen molar-refractivity contribution in [3.8, 4) is 0 Å². The second-order valence-electron chi connectivity index (χ2n) is 4.83. The fraction of sp³-hybridized carbons (Fsp3) is 0.933. The molecule has 18 heavy (non-hydrogen) atoms. The van der Waals surface area contributed by atoms with Crippen LogP contribution in [-0.2, 0) is 4.79 Å². The molecule has 0 unspecified atom stereocenters. The number of hydrogen-bond donors (Lipinski definition) is 1. The largest absolute Gasteiger partial charge is 0.343 e. The Balaban J connectivity index is 3.27. The van der Waals surface area contributed by atoms with Crippen LogP contribution in [0.25, 0.3) is 0 Å². The summed E-state index contributed by atoms with van der Waals surface area (Å²) in [6.45, 7) is 9.84. The fourth-order valence-electron chi connectivity index (χ4n) is 2.09. The molecule has 0 aliphatic rings. The highest BCUT2D eigenvalue weighted by Gasteiger charge is 2.07. The van der Waals surface area contributed by atoms with Crippen molar-refractivity contribution in [1.82, 2.24) is 10.2 Å². The van der Waals surface area contributed by atoms with E-state index >= 15 is 0 Å². The Bertz CT molecular complexity index is 191. The van der Waals surface area contributed by atoms with Crippen LogP contribution in [-0.4, -0.2) is 37.0 Å². The van der Waals surface area contributed by atoms with E-state index < -0.39 is 0 Å². The lowest BCUT2D eigenvalue weighted by molar-refractivity contribution is -0.130. The number of nitrogens with one attached hydrogen (secondary N) is 1. The second-order valence-corrected chi connectivity index (χ2v) is 4.83. The average Bonchev–Trinajstić information content (AvgIpc) is 2.38. The molecule has 0 atom stereocenters. The highest BCUT2D eigenvalue weighted by molar-refractivity contribution is 5.76. The molecule has 0 saturated carbocycles. The van der Waals surface area contributed by atoms with Crippen molar-refractivity contribution in [2.45, 2.75) is 65.7 Å². The van der Waals surface area contributed by atoms with Crippen molar-refractivity contribution in [2.75, 3.05) is 26.2 Å². The zero-order chi connectivity index (χ0) is 13.6. The van der Waals surface area contributed by atoms with Crippen molar-refractivity contribution in [3.63, 3.8) is 0 Å². The zero-order valence-electron chi connectivity index (χ0n) is 12.6. The lowest BCUT2D eigenvalue weighted by Gasteiger charge is -2.18. The van der Waals surface area contributed by atoms with Gasteiger partial charge in [-0.1, -0.05) is 39.0 Å². The van der Waals surface area contributed by atoms with Gasteiger partial charge in [0, 0.05) is 26.1 Å². The van der Waals surface area contributed by atoms with Gasteiger partial charge >= 0.3 is 0 Å². The van der Waals surface area contributed by atoms with Crippen LogP contribution in [0.2, 0.25) is 0 Å². The van der Waals surface area contributed by atoms with E-state index in [1.165, 1.54) is 38.5 Å². The first-order chi connectivity index (χ1) is 8.76. The van der Waals surface area contributed by atoms with Crippen molar-refractivity contribution < 1.29 is 4.79 Å². The number of carbonyl (C=O) groups is 1. The summed E-state index contributed by atoms with van der Waals surface area (Å²) < 4.78 is 0. The van der Waals surface area contributed by atoms with Gasteiger partial charge in [-0.3, -0.25) is 4.79 Å². The first kappa shape index (κ1) is 17.4. The normalized spacial score (nSPS) is 10.6. The van der Waals surface area contributed by atoms with Gasteiger partial charge < -0.3 is 10.2 Å². The third kappa shape index (κ3) is 9.46. The van der Waals surface area contributed by atoms with Gasteiger partial charge in [-0.25, -0.2) is 0 Å². The highest BCUT2D eigenvalue weighted by atomic mass is 16.2. The van der Waals surface area contributed by atoms with Crippen molar-refractivity contribution in [2.24, 2.45) is 0 Å². The van der Waals surface area contributed by atoms with E-state index in [0.29, 0.717) is 6.42 Å². The Hall–Kier alpha value is -0.570. The summed E-state index contributed by atoms with van der Waals surface area (Å²) in [5.41, 5.74) is 0. The van der Waals surface area contributed by atoms with Crippen LogP contribution < -0.4 is 5.32 Å². The summed E-state index contributed by atoms with van der Waals surface area (Å²) in [5.74, 6) is 0.274. The standard InChI is InChI=1S/C15H32N2O/c1-4-7-8-9-10-11-13-16-14-12-15(18)17(5-2)6-3/h16H,4-14H2,1-3H3.